The van der Waals surface area contributed by atoms with Gasteiger partial charge in [-0.1, -0.05) is 23.7 Å². The predicted molar refractivity (Wildman–Crippen MR) is 83.6 cm³/mol. The first kappa shape index (κ1) is 13.9. The number of nitrogens with two attached hydrogens (primary N) is 1. The molecule has 0 saturated carbocycles. The van der Waals surface area contributed by atoms with E-state index in [4.69, 9.17) is 17.3 Å². The molecule has 1 heterocycles. The van der Waals surface area contributed by atoms with Crippen molar-refractivity contribution in [2.75, 3.05) is 11.9 Å². The molecule has 18 heavy (non-hydrogen) atoms. The van der Waals surface area contributed by atoms with Crippen molar-refractivity contribution in [3.63, 3.8) is 0 Å². The molecular formula is C13H14BrClN2S. The molecule has 0 amide bonds. The summed E-state index contributed by atoms with van der Waals surface area (Å²) in [7, 11) is 0. The summed E-state index contributed by atoms with van der Waals surface area (Å²) in [6, 6.07) is 10.4. The fraction of sp³-hybridized carbons (Fsp3) is 0.231. The summed E-state index contributed by atoms with van der Waals surface area (Å²) in [5, 5.41) is 3.43. The van der Waals surface area contributed by atoms with E-state index in [1.165, 1.54) is 5.56 Å². The van der Waals surface area contributed by atoms with Crippen LogP contribution in [0.4, 0.5) is 5.69 Å². The molecule has 1 atom stereocenters. The molecule has 0 radical (unpaired) electrons. The summed E-state index contributed by atoms with van der Waals surface area (Å²) in [4.78, 5) is 1.14. The van der Waals surface area contributed by atoms with Gasteiger partial charge >= 0.3 is 0 Å². The summed E-state index contributed by atoms with van der Waals surface area (Å²) >= 11 is 11.0. The van der Waals surface area contributed by atoms with Gasteiger partial charge in [0.1, 0.15) is 4.34 Å². The monoisotopic (exact) mass is 344 g/mol. The average Bonchev–Trinajstić information content (AvgIpc) is 2.66. The summed E-state index contributed by atoms with van der Waals surface area (Å²) in [6.07, 6.45) is 0. The first-order valence-corrected chi connectivity index (χ1v) is 7.57. The van der Waals surface area contributed by atoms with E-state index in [1.54, 1.807) is 11.3 Å². The minimum absolute atomic E-state index is 0.0839. The lowest BCUT2D eigenvalue weighted by Crippen LogP contribution is -2.19. The summed E-state index contributed by atoms with van der Waals surface area (Å²) in [5.74, 6) is 0. The van der Waals surface area contributed by atoms with Crippen LogP contribution in [0.5, 0.6) is 0 Å². The zero-order valence-electron chi connectivity index (χ0n) is 9.91. The molecule has 2 aromatic rings. The van der Waals surface area contributed by atoms with Crippen LogP contribution >= 0.6 is 38.9 Å². The number of thiophene rings is 1. The van der Waals surface area contributed by atoms with Crippen LogP contribution in [-0.4, -0.2) is 6.54 Å². The Labute approximate surface area is 124 Å². The largest absolute Gasteiger partial charge is 0.376 e. The highest BCUT2D eigenvalue weighted by molar-refractivity contribution is 9.10. The Hall–Kier alpha value is -0.550. The van der Waals surface area contributed by atoms with Gasteiger partial charge in [0.25, 0.3) is 0 Å². The molecule has 1 aromatic heterocycles. The Balaban J connectivity index is 2.19. The van der Waals surface area contributed by atoms with Crippen molar-refractivity contribution in [3.05, 3.63) is 49.6 Å². The second-order valence-electron chi connectivity index (χ2n) is 4.07. The second-order valence-corrected chi connectivity index (χ2v) is 6.61. The molecular weight excluding hydrogens is 332 g/mol. The molecule has 0 fully saturated rings. The van der Waals surface area contributed by atoms with Crippen molar-refractivity contribution >= 4 is 44.6 Å². The van der Waals surface area contributed by atoms with Gasteiger partial charge < -0.3 is 11.1 Å². The lowest BCUT2D eigenvalue weighted by atomic mass is 10.2. The number of anilines is 1. The Morgan fingerprint density at radius 3 is 2.78 bits per heavy atom. The van der Waals surface area contributed by atoms with Crippen LogP contribution in [-0.2, 0) is 0 Å². The molecule has 5 heteroatoms. The number of rotatable bonds is 4. The van der Waals surface area contributed by atoms with Gasteiger partial charge in [0.05, 0.1) is 6.04 Å². The first-order valence-electron chi connectivity index (χ1n) is 5.58. The van der Waals surface area contributed by atoms with Crippen molar-refractivity contribution in [2.24, 2.45) is 5.73 Å². The molecule has 0 aliphatic heterocycles. The van der Waals surface area contributed by atoms with Crippen LogP contribution < -0.4 is 11.1 Å². The maximum Gasteiger partial charge on any atom is 0.107 e. The maximum absolute atomic E-state index is 6.06. The number of hydrogen-bond acceptors (Lipinski definition) is 3. The van der Waals surface area contributed by atoms with Gasteiger partial charge in [0, 0.05) is 21.6 Å². The van der Waals surface area contributed by atoms with Gasteiger partial charge in [-0.25, -0.2) is 0 Å². The molecule has 0 spiro atoms. The highest BCUT2D eigenvalue weighted by Gasteiger charge is 2.14. The van der Waals surface area contributed by atoms with Crippen LogP contribution in [0, 0.1) is 6.92 Å². The molecule has 2 rings (SSSR count). The summed E-state index contributed by atoms with van der Waals surface area (Å²) < 4.78 is 1.68. The van der Waals surface area contributed by atoms with E-state index in [1.807, 2.05) is 18.2 Å². The van der Waals surface area contributed by atoms with Gasteiger partial charge in [0.2, 0.25) is 0 Å². The summed E-state index contributed by atoms with van der Waals surface area (Å²) in [5.41, 5.74) is 8.13. The van der Waals surface area contributed by atoms with Crippen molar-refractivity contribution in [1.29, 1.82) is 0 Å². The van der Waals surface area contributed by atoms with Crippen molar-refractivity contribution in [3.8, 4) is 0 Å². The van der Waals surface area contributed by atoms with Crippen LogP contribution in [0.25, 0.3) is 0 Å². The number of aryl methyl sites for hydroxylation is 1. The van der Waals surface area contributed by atoms with Crippen LogP contribution in [0.1, 0.15) is 16.5 Å². The lowest BCUT2D eigenvalue weighted by Gasteiger charge is -2.17. The summed E-state index contributed by atoms with van der Waals surface area (Å²) in [6.45, 7) is 2.60. The Morgan fingerprint density at radius 1 is 1.44 bits per heavy atom. The van der Waals surface area contributed by atoms with Gasteiger partial charge in [-0.3, -0.25) is 0 Å². The quantitative estimate of drug-likeness (QED) is 0.851. The van der Waals surface area contributed by atoms with E-state index in [9.17, 15) is 0 Å². The number of halogens is 2. The third-order valence-electron chi connectivity index (χ3n) is 2.60. The molecule has 1 aromatic carbocycles. The number of hydrogen-bond donors (Lipinski definition) is 2. The van der Waals surface area contributed by atoms with Gasteiger partial charge in [0.15, 0.2) is 0 Å². The van der Waals surface area contributed by atoms with Crippen molar-refractivity contribution < 1.29 is 0 Å². The normalized spacial score (nSPS) is 12.4. The number of nitrogens with one attached hydrogen (secondary N) is 1. The fourth-order valence-corrected chi connectivity index (χ4v) is 3.52. The molecule has 2 nitrogen and oxygen atoms in total. The zero-order valence-corrected chi connectivity index (χ0v) is 13.1. The van der Waals surface area contributed by atoms with E-state index in [-0.39, 0.29) is 6.04 Å². The average molecular weight is 346 g/mol. The smallest absolute Gasteiger partial charge is 0.107 e. The van der Waals surface area contributed by atoms with E-state index < -0.39 is 0 Å². The Morgan fingerprint density at radius 2 is 2.22 bits per heavy atom. The van der Waals surface area contributed by atoms with Crippen LogP contribution in [0.2, 0.25) is 4.34 Å². The van der Waals surface area contributed by atoms with Crippen molar-refractivity contribution in [2.45, 2.75) is 13.0 Å². The van der Waals surface area contributed by atoms with Gasteiger partial charge in [-0.05, 0) is 46.6 Å². The molecule has 0 aliphatic carbocycles. The predicted octanol–water partition coefficient (Wildman–Crippen LogP) is 4.58. The van der Waals surface area contributed by atoms with E-state index in [0.717, 1.165) is 19.4 Å². The molecule has 0 saturated heterocycles. The highest BCUT2D eigenvalue weighted by atomic mass is 79.9. The van der Waals surface area contributed by atoms with Crippen molar-refractivity contribution in [1.82, 2.24) is 0 Å². The molecule has 96 valence electrons. The Kier molecular flexibility index (Phi) is 4.67. The zero-order chi connectivity index (χ0) is 13.1. The minimum atomic E-state index is 0.0839. The SMILES string of the molecule is Cc1cccc(NC(CN)c2cc(Br)c(Cl)s2)c1. The lowest BCUT2D eigenvalue weighted by molar-refractivity contribution is 0.805. The van der Waals surface area contributed by atoms with E-state index in [0.29, 0.717) is 6.54 Å². The third-order valence-corrected chi connectivity index (χ3v) is 5.19. The molecule has 0 bridgehead atoms. The van der Waals surface area contributed by atoms with E-state index >= 15 is 0 Å². The maximum atomic E-state index is 6.06. The third kappa shape index (κ3) is 3.26. The van der Waals surface area contributed by atoms with E-state index in [2.05, 4.69) is 40.3 Å². The highest BCUT2D eigenvalue weighted by Crippen LogP contribution is 2.36. The first-order chi connectivity index (χ1) is 8.60. The standard InChI is InChI=1S/C13H14BrClN2S/c1-8-3-2-4-9(5-8)17-11(7-16)12-6-10(14)13(15)18-12/h2-6,11,17H,7,16H2,1H3. The van der Waals surface area contributed by atoms with Gasteiger partial charge in [-0.15, -0.1) is 11.3 Å². The Bertz CT molecular complexity index is 522. The van der Waals surface area contributed by atoms with Gasteiger partial charge in [-0.2, -0.15) is 0 Å². The molecule has 0 aliphatic rings. The van der Waals surface area contributed by atoms with Crippen LogP contribution in [0.15, 0.2) is 34.8 Å². The minimum Gasteiger partial charge on any atom is -0.376 e. The molecule has 1 unspecified atom stereocenters. The topological polar surface area (TPSA) is 38.0 Å². The second kappa shape index (κ2) is 6.06. The fourth-order valence-electron chi connectivity index (χ4n) is 1.72. The number of benzene rings is 1. The molecule has 3 N–H and O–H groups in total. The van der Waals surface area contributed by atoms with Crippen LogP contribution in [0.3, 0.4) is 0 Å².